The first kappa shape index (κ1) is 21.1. The highest BCUT2D eigenvalue weighted by Crippen LogP contribution is 2.34. The van der Waals surface area contributed by atoms with Crippen LogP contribution >= 0.6 is 11.8 Å². The molecular weight excluding hydrogens is 406 g/mol. The lowest BCUT2D eigenvalue weighted by Gasteiger charge is -2.28. The zero-order valence-corrected chi connectivity index (χ0v) is 18.3. The third kappa shape index (κ3) is 5.33. The monoisotopic (exact) mass is 431 g/mol. The molecule has 0 fully saturated rings. The number of carbonyl (C=O) groups excluding carboxylic acids is 2. The molecular formula is C25H25N3O2S. The predicted octanol–water partition coefficient (Wildman–Crippen LogP) is 4.47. The highest BCUT2D eigenvalue weighted by atomic mass is 32.2. The highest BCUT2D eigenvalue weighted by molar-refractivity contribution is 8.00. The van der Waals surface area contributed by atoms with E-state index >= 15 is 0 Å². The van der Waals surface area contributed by atoms with Crippen LogP contribution in [0, 0.1) is 0 Å². The Morgan fingerprint density at radius 3 is 2.61 bits per heavy atom. The fraction of sp³-hybridized carbons (Fsp3) is 0.240. The van der Waals surface area contributed by atoms with Crippen molar-refractivity contribution in [2.75, 3.05) is 10.7 Å². The van der Waals surface area contributed by atoms with Crippen LogP contribution < -0.4 is 10.2 Å². The molecule has 1 atom stereocenters. The summed E-state index contributed by atoms with van der Waals surface area (Å²) in [5.74, 6) is 0.387. The Labute approximate surface area is 186 Å². The number of nitrogens with one attached hydrogen (secondary N) is 1. The van der Waals surface area contributed by atoms with Crippen LogP contribution in [0.2, 0.25) is 0 Å². The SMILES string of the molecule is CC(CCc1ccccc1)NC(=O)c1ccc(CN2C(=O)CSc3ncccc32)cc1. The summed E-state index contributed by atoms with van der Waals surface area (Å²) in [5.41, 5.74) is 3.72. The second kappa shape index (κ2) is 9.79. The molecule has 5 nitrogen and oxygen atoms in total. The van der Waals surface area contributed by atoms with Gasteiger partial charge in [0, 0.05) is 17.8 Å². The second-order valence-electron chi connectivity index (χ2n) is 7.69. The summed E-state index contributed by atoms with van der Waals surface area (Å²) in [6, 6.07) is 21.6. The first-order valence-electron chi connectivity index (χ1n) is 10.4. The molecule has 0 saturated carbocycles. The van der Waals surface area contributed by atoms with E-state index in [-0.39, 0.29) is 17.9 Å². The zero-order chi connectivity index (χ0) is 21.6. The van der Waals surface area contributed by atoms with Crippen molar-refractivity contribution >= 4 is 29.3 Å². The van der Waals surface area contributed by atoms with E-state index in [2.05, 4.69) is 22.4 Å². The number of thioether (sulfide) groups is 1. The van der Waals surface area contributed by atoms with Crippen LogP contribution in [0.15, 0.2) is 78.0 Å². The van der Waals surface area contributed by atoms with Crippen molar-refractivity contribution in [1.82, 2.24) is 10.3 Å². The van der Waals surface area contributed by atoms with Gasteiger partial charge in [0.1, 0.15) is 5.03 Å². The van der Waals surface area contributed by atoms with Gasteiger partial charge in [-0.3, -0.25) is 9.59 Å². The quantitative estimate of drug-likeness (QED) is 0.600. The molecule has 0 saturated heterocycles. The number of hydrogen-bond donors (Lipinski definition) is 1. The Morgan fingerprint density at radius 1 is 1.06 bits per heavy atom. The summed E-state index contributed by atoms with van der Waals surface area (Å²) in [7, 11) is 0. The molecule has 2 heterocycles. The van der Waals surface area contributed by atoms with Crippen molar-refractivity contribution in [1.29, 1.82) is 0 Å². The molecule has 1 aliphatic heterocycles. The molecule has 2 aromatic carbocycles. The number of aryl methyl sites for hydroxylation is 1. The average Bonchev–Trinajstić information content (AvgIpc) is 2.80. The van der Waals surface area contributed by atoms with E-state index in [1.54, 1.807) is 11.1 Å². The minimum atomic E-state index is -0.0768. The molecule has 31 heavy (non-hydrogen) atoms. The average molecular weight is 432 g/mol. The Hall–Kier alpha value is -3.12. The summed E-state index contributed by atoms with van der Waals surface area (Å²) in [5, 5.41) is 3.95. The van der Waals surface area contributed by atoms with Gasteiger partial charge in [0.25, 0.3) is 5.91 Å². The normalized spacial score (nSPS) is 14.1. The molecule has 1 N–H and O–H groups in total. The Bertz CT molecular complexity index is 1050. The Morgan fingerprint density at radius 2 is 1.84 bits per heavy atom. The van der Waals surface area contributed by atoms with Crippen molar-refractivity contribution in [3.8, 4) is 0 Å². The molecule has 0 bridgehead atoms. The third-order valence-electron chi connectivity index (χ3n) is 5.32. The number of rotatable bonds is 7. The number of amides is 2. The number of aromatic nitrogens is 1. The van der Waals surface area contributed by atoms with Gasteiger partial charge in [-0.25, -0.2) is 4.98 Å². The molecule has 1 aliphatic rings. The van der Waals surface area contributed by atoms with Gasteiger partial charge in [-0.1, -0.05) is 54.2 Å². The first-order chi connectivity index (χ1) is 15.1. The summed E-state index contributed by atoms with van der Waals surface area (Å²) in [4.78, 5) is 31.2. The largest absolute Gasteiger partial charge is 0.350 e. The summed E-state index contributed by atoms with van der Waals surface area (Å²) in [6.45, 7) is 2.49. The number of pyridine rings is 1. The van der Waals surface area contributed by atoms with Gasteiger partial charge < -0.3 is 10.2 Å². The maximum absolute atomic E-state index is 12.6. The lowest BCUT2D eigenvalue weighted by Crippen LogP contribution is -2.35. The maximum Gasteiger partial charge on any atom is 0.251 e. The summed E-state index contributed by atoms with van der Waals surface area (Å²) < 4.78 is 0. The van der Waals surface area contributed by atoms with E-state index in [1.807, 2.05) is 61.5 Å². The molecule has 4 rings (SSSR count). The van der Waals surface area contributed by atoms with Crippen LogP contribution in [0.25, 0.3) is 0 Å². The van der Waals surface area contributed by atoms with E-state index < -0.39 is 0 Å². The van der Waals surface area contributed by atoms with E-state index in [4.69, 9.17) is 0 Å². The zero-order valence-electron chi connectivity index (χ0n) is 17.5. The number of hydrogen-bond acceptors (Lipinski definition) is 4. The molecule has 3 aromatic rings. The molecule has 6 heteroatoms. The molecule has 0 radical (unpaired) electrons. The number of benzene rings is 2. The number of anilines is 1. The van der Waals surface area contributed by atoms with Crippen LogP contribution in [0.5, 0.6) is 0 Å². The second-order valence-corrected chi connectivity index (χ2v) is 8.66. The van der Waals surface area contributed by atoms with Gasteiger partial charge in [-0.15, -0.1) is 0 Å². The molecule has 1 aromatic heterocycles. The fourth-order valence-corrected chi connectivity index (χ4v) is 4.44. The molecule has 0 spiro atoms. The standard InChI is InChI=1S/C25H25N3O2S/c1-18(9-10-19-6-3-2-4-7-19)27-24(30)21-13-11-20(12-14-21)16-28-22-8-5-15-26-25(22)31-17-23(28)29/h2-8,11-15,18H,9-10,16-17H2,1H3,(H,27,30). The molecule has 2 amide bonds. The Balaban J connectivity index is 1.35. The van der Waals surface area contributed by atoms with Gasteiger partial charge in [0.15, 0.2) is 0 Å². The third-order valence-corrected chi connectivity index (χ3v) is 6.30. The van der Waals surface area contributed by atoms with E-state index in [0.717, 1.165) is 29.1 Å². The van der Waals surface area contributed by atoms with E-state index in [9.17, 15) is 9.59 Å². The summed E-state index contributed by atoms with van der Waals surface area (Å²) in [6.07, 6.45) is 3.56. The van der Waals surface area contributed by atoms with Crippen LogP contribution in [-0.2, 0) is 17.8 Å². The molecule has 1 unspecified atom stereocenters. The topological polar surface area (TPSA) is 62.3 Å². The first-order valence-corrected chi connectivity index (χ1v) is 11.4. The molecule has 158 valence electrons. The van der Waals surface area contributed by atoms with Crippen LogP contribution in [-0.4, -0.2) is 28.6 Å². The van der Waals surface area contributed by atoms with Crippen LogP contribution in [0.3, 0.4) is 0 Å². The Kier molecular flexibility index (Phi) is 6.67. The number of nitrogens with zero attached hydrogens (tertiary/aromatic N) is 2. The predicted molar refractivity (Wildman–Crippen MR) is 124 cm³/mol. The van der Waals surface area contributed by atoms with Crippen LogP contribution in [0.4, 0.5) is 5.69 Å². The van der Waals surface area contributed by atoms with Crippen molar-refractivity contribution in [2.45, 2.75) is 37.4 Å². The minimum absolute atomic E-state index is 0.0690. The van der Waals surface area contributed by atoms with Gasteiger partial charge in [-0.05, 0) is 55.2 Å². The van der Waals surface area contributed by atoms with Crippen molar-refractivity contribution in [3.05, 3.63) is 89.6 Å². The highest BCUT2D eigenvalue weighted by Gasteiger charge is 2.25. The van der Waals surface area contributed by atoms with Crippen molar-refractivity contribution in [2.24, 2.45) is 0 Å². The van der Waals surface area contributed by atoms with E-state index in [0.29, 0.717) is 17.9 Å². The van der Waals surface area contributed by atoms with Crippen LogP contribution in [0.1, 0.15) is 34.8 Å². The van der Waals surface area contributed by atoms with Crippen molar-refractivity contribution in [3.63, 3.8) is 0 Å². The fourth-order valence-electron chi connectivity index (χ4n) is 3.57. The van der Waals surface area contributed by atoms with Gasteiger partial charge in [0.2, 0.25) is 5.91 Å². The molecule has 0 aliphatic carbocycles. The van der Waals surface area contributed by atoms with Gasteiger partial charge >= 0.3 is 0 Å². The number of fused-ring (bicyclic) bond motifs is 1. The van der Waals surface area contributed by atoms with E-state index in [1.165, 1.54) is 17.3 Å². The van der Waals surface area contributed by atoms with Gasteiger partial charge in [0.05, 0.1) is 18.0 Å². The number of carbonyl (C=O) groups is 2. The smallest absolute Gasteiger partial charge is 0.251 e. The summed E-state index contributed by atoms with van der Waals surface area (Å²) >= 11 is 1.47. The maximum atomic E-state index is 12.6. The lowest BCUT2D eigenvalue weighted by atomic mass is 10.1. The minimum Gasteiger partial charge on any atom is -0.350 e. The lowest BCUT2D eigenvalue weighted by molar-refractivity contribution is -0.116. The van der Waals surface area contributed by atoms with Gasteiger partial charge in [-0.2, -0.15) is 0 Å². The van der Waals surface area contributed by atoms with Crippen molar-refractivity contribution < 1.29 is 9.59 Å².